The number of nitrogens with two attached hydrogens (primary N) is 1. The lowest BCUT2D eigenvalue weighted by Crippen LogP contribution is -2.41. The quantitative estimate of drug-likeness (QED) is 0.643. The lowest BCUT2D eigenvalue weighted by atomic mass is 10.1. The summed E-state index contributed by atoms with van der Waals surface area (Å²) in [6.07, 6.45) is 4.24. The van der Waals surface area contributed by atoms with E-state index in [9.17, 15) is 13.2 Å². The van der Waals surface area contributed by atoms with E-state index in [0.29, 0.717) is 38.4 Å². The Balaban J connectivity index is 1.68. The van der Waals surface area contributed by atoms with Gasteiger partial charge in [-0.25, -0.2) is 8.42 Å². The molecule has 1 aromatic carbocycles. The van der Waals surface area contributed by atoms with Gasteiger partial charge in [-0.05, 0) is 50.1 Å². The molecule has 0 bridgehead atoms. The highest BCUT2D eigenvalue weighted by atomic mass is 32.2. The van der Waals surface area contributed by atoms with E-state index in [1.807, 2.05) is 4.90 Å². The molecular formula is C18H28N2O5S. The number of hydrogen-bond donors (Lipinski definition) is 1. The lowest BCUT2D eigenvalue weighted by molar-refractivity contribution is -0.134. The first-order valence-electron chi connectivity index (χ1n) is 8.92. The molecule has 0 unspecified atom stereocenters. The van der Waals surface area contributed by atoms with E-state index in [0.717, 1.165) is 25.5 Å². The summed E-state index contributed by atoms with van der Waals surface area (Å²) >= 11 is 0. The summed E-state index contributed by atoms with van der Waals surface area (Å²) in [6.45, 7) is 2.99. The molecule has 1 heterocycles. The molecule has 0 saturated carbocycles. The first kappa shape index (κ1) is 20.7. The molecule has 0 spiro atoms. The second kappa shape index (κ2) is 9.89. The summed E-state index contributed by atoms with van der Waals surface area (Å²) < 4.78 is 34.1. The van der Waals surface area contributed by atoms with Gasteiger partial charge in [-0.15, -0.1) is 0 Å². The van der Waals surface area contributed by atoms with E-state index < -0.39 is 9.84 Å². The smallest absolute Gasteiger partial charge is 0.226 e. The number of nitrogens with zero attached hydrogens (tertiary/aromatic N) is 1. The minimum atomic E-state index is -3.21. The van der Waals surface area contributed by atoms with Gasteiger partial charge in [-0.2, -0.15) is 0 Å². The summed E-state index contributed by atoms with van der Waals surface area (Å²) in [6, 6.07) is 6.21. The van der Waals surface area contributed by atoms with Crippen LogP contribution in [-0.4, -0.2) is 64.4 Å². The zero-order valence-corrected chi connectivity index (χ0v) is 16.0. The van der Waals surface area contributed by atoms with Crippen LogP contribution >= 0.6 is 0 Å². The standard InChI is InChI=1S/C18H28N2O5S/c1-26(22,23)17-5-3-15(4-6-17)25-14-9-18(21)20-11-7-16(8-12-20)24-13-2-10-19/h3-6,16H,2,7-14,19H2,1H3. The average Bonchev–Trinajstić information content (AvgIpc) is 2.62. The van der Waals surface area contributed by atoms with E-state index >= 15 is 0 Å². The van der Waals surface area contributed by atoms with Crippen molar-refractivity contribution in [1.82, 2.24) is 4.90 Å². The molecule has 0 atom stereocenters. The average molecular weight is 384 g/mol. The van der Waals surface area contributed by atoms with Gasteiger partial charge < -0.3 is 20.1 Å². The molecule has 8 heteroatoms. The fourth-order valence-electron chi connectivity index (χ4n) is 2.80. The topological polar surface area (TPSA) is 98.9 Å². The third kappa shape index (κ3) is 6.59. The number of carbonyl (C=O) groups excluding carboxylic acids is 1. The van der Waals surface area contributed by atoms with Gasteiger partial charge >= 0.3 is 0 Å². The molecule has 2 rings (SSSR count). The number of likely N-dealkylation sites (tertiary alicyclic amines) is 1. The van der Waals surface area contributed by atoms with Gasteiger partial charge in [0.25, 0.3) is 0 Å². The van der Waals surface area contributed by atoms with Crippen LogP contribution in [0.2, 0.25) is 0 Å². The minimum absolute atomic E-state index is 0.0677. The van der Waals surface area contributed by atoms with Gasteiger partial charge in [-0.3, -0.25) is 4.79 Å². The van der Waals surface area contributed by atoms with Crippen molar-refractivity contribution in [2.24, 2.45) is 5.73 Å². The molecule has 1 aliphatic heterocycles. The number of rotatable bonds is 9. The van der Waals surface area contributed by atoms with Crippen LogP contribution in [0.15, 0.2) is 29.2 Å². The van der Waals surface area contributed by atoms with Gasteiger partial charge in [0.2, 0.25) is 5.91 Å². The SMILES string of the molecule is CS(=O)(=O)c1ccc(OCCC(=O)N2CCC(OCCCN)CC2)cc1. The molecule has 1 aromatic rings. The maximum absolute atomic E-state index is 12.3. The van der Waals surface area contributed by atoms with Crippen molar-refractivity contribution in [3.05, 3.63) is 24.3 Å². The van der Waals surface area contributed by atoms with Crippen LogP contribution < -0.4 is 10.5 Å². The Labute approximate surface area is 155 Å². The molecule has 7 nitrogen and oxygen atoms in total. The van der Waals surface area contributed by atoms with Crippen molar-refractivity contribution in [2.75, 3.05) is 39.1 Å². The summed E-state index contributed by atoms with van der Waals surface area (Å²) in [5, 5.41) is 0. The molecule has 0 radical (unpaired) electrons. The predicted octanol–water partition coefficient (Wildman–Crippen LogP) is 1.22. The summed E-state index contributed by atoms with van der Waals surface area (Å²) in [4.78, 5) is 14.3. The number of ether oxygens (including phenoxy) is 2. The molecule has 1 fully saturated rings. The summed E-state index contributed by atoms with van der Waals surface area (Å²) in [7, 11) is -3.21. The highest BCUT2D eigenvalue weighted by molar-refractivity contribution is 7.90. The third-order valence-electron chi connectivity index (χ3n) is 4.33. The van der Waals surface area contributed by atoms with Crippen LogP contribution in [0.5, 0.6) is 5.75 Å². The monoisotopic (exact) mass is 384 g/mol. The van der Waals surface area contributed by atoms with Gasteiger partial charge in [0.15, 0.2) is 9.84 Å². The predicted molar refractivity (Wildman–Crippen MR) is 98.9 cm³/mol. The number of hydrogen-bond acceptors (Lipinski definition) is 6. The first-order valence-corrected chi connectivity index (χ1v) is 10.8. The van der Waals surface area contributed by atoms with Crippen LogP contribution in [0.1, 0.15) is 25.7 Å². The van der Waals surface area contributed by atoms with E-state index in [-0.39, 0.29) is 23.5 Å². The Morgan fingerprint density at radius 1 is 1.19 bits per heavy atom. The minimum Gasteiger partial charge on any atom is -0.493 e. The van der Waals surface area contributed by atoms with Crippen LogP contribution in [-0.2, 0) is 19.4 Å². The van der Waals surface area contributed by atoms with Crippen molar-refractivity contribution < 1.29 is 22.7 Å². The Morgan fingerprint density at radius 2 is 1.85 bits per heavy atom. The van der Waals surface area contributed by atoms with Gasteiger partial charge in [0.1, 0.15) is 5.75 Å². The number of piperidine rings is 1. The maximum Gasteiger partial charge on any atom is 0.226 e. The molecule has 26 heavy (non-hydrogen) atoms. The number of benzene rings is 1. The molecule has 1 saturated heterocycles. The molecule has 1 aliphatic rings. The fraction of sp³-hybridized carbons (Fsp3) is 0.611. The highest BCUT2D eigenvalue weighted by Crippen LogP contribution is 2.17. The second-order valence-electron chi connectivity index (χ2n) is 6.44. The second-order valence-corrected chi connectivity index (χ2v) is 8.45. The summed E-state index contributed by atoms with van der Waals surface area (Å²) in [5.41, 5.74) is 5.45. The van der Waals surface area contributed by atoms with Gasteiger partial charge in [0.05, 0.1) is 24.0 Å². The van der Waals surface area contributed by atoms with Gasteiger partial charge in [0, 0.05) is 26.0 Å². The number of carbonyl (C=O) groups is 1. The van der Waals surface area contributed by atoms with Gasteiger partial charge in [-0.1, -0.05) is 0 Å². The van der Waals surface area contributed by atoms with E-state index in [1.165, 1.54) is 12.1 Å². The van der Waals surface area contributed by atoms with Crippen molar-refractivity contribution >= 4 is 15.7 Å². The van der Waals surface area contributed by atoms with E-state index in [2.05, 4.69) is 0 Å². The van der Waals surface area contributed by atoms with E-state index in [1.54, 1.807) is 12.1 Å². The number of sulfone groups is 1. The van der Waals surface area contributed by atoms with Crippen LogP contribution in [0.25, 0.3) is 0 Å². The first-order chi connectivity index (χ1) is 12.4. The summed E-state index contributed by atoms with van der Waals surface area (Å²) in [5.74, 6) is 0.621. The zero-order chi connectivity index (χ0) is 19.0. The highest BCUT2D eigenvalue weighted by Gasteiger charge is 2.22. The van der Waals surface area contributed by atoms with Crippen molar-refractivity contribution in [3.8, 4) is 5.75 Å². The molecular weight excluding hydrogens is 356 g/mol. The van der Waals surface area contributed by atoms with E-state index in [4.69, 9.17) is 15.2 Å². The molecule has 146 valence electrons. The van der Waals surface area contributed by atoms with Crippen molar-refractivity contribution in [3.63, 3.8) is 0 Å². The zero-order valence-electron chi connectivity index (χ0n) is 15.2. The Kier molecular flexibility index (Phi) is 7.86. The molecule has 1 amide bonds. The molecule has 2 N–H and O–H groups in total. The lowest BCUT2D eigenvalue weighted by Gasteiger charge is -2.32. The molecule has 0 aromatic heterocycles. The largest absolute Gasteiger partial charge is 0.493 e. The van der Waals surface area contributed by atoms with Crippen LogP contribution in [0, 0.1) is 0 Å². The number of amides is 1. The van der Waals surface area contributed by atoms with Crippen LogP contribution in [0.4, 0.5) is 0 Å². The third-order valence-corrected chi connectivity index (χ3v) is 5.46. The van der Waals surface area contributed by atoms with Crippen molar-refractivity contribution in [1.29, 1.82) is 0 Å². The Bertz CT molecular complexity index is 667. The Hall–Kier alpha value is -1.64. The Morgan fingerprint density at radius 3 is 2.42 bits per heavy atom. The van der Waals surface area contributed by atoms with Crippen molar-refractivity contribution in [2.45, 2.75) is 36.7 Å². The molecule has 0 aliphatic carbocycles. The fourth-order valence-corrected chi connectivity index (χ4v) is 3.43. The van der Waals surface area contributed by atoms with Crippen LogP contribution in [0.3, 0.4) is 0 Å². The normalized spacial score (nSPS) is 15.8. The maximum atomic E-state index is 12.3.